The summed E-state index contributed by atoms with van der Waals surface area (Å²) in [5.74, 6) is -0.727. The van der Waals surface area contributed by atoms with Gasteiger partial charge in [-0.2, -0.15) is 4.98 Å². The Kier molecular flexibility index (Phi) is 3.34. The molecule has 2 aromatic carbocycles. The number of aromatic hydroxyl groups is 2. The van der Waals surface area contributed by atoms with Crippen LogP contribution in [0.4, 0.5) is 4.39 Å². The monoisotopic (exact) mass is 350 g/mol. The molecule has 3 rings (SSSR count). The van der Waals surface area contributed by atoms with E-state index in [1.807, 2.05) is 0 Å². The summed E-state index contributed by atoms with van der Waals surface area (Å²) in [4.78, 5) is 4.14. The fourth-order valence-electron chi connectivity index (χ4n) is 1.82. The van der Waals surface area contributed by atoms with Gasteiger partial charge in [0.15, 0.2) is 11.5 Å². The molecule has 5 nitrogen and oxygen atoms in total. The Labute approximate surface area is 126 Å². The number of para-hydroxylation sites is 1. The highest BCUT2D eigenvalue weighted by Gasteiger charge is 2.17. The molecule has 0 aliphatic rings. The zero-order valence-corrected chi connectivity index (χ0v) is 12.0. The van der Waals surface area contributed by atoms with Crippen LogP contribution in [0.1, 0.15) is 0 Å². The van der Waals surface area contributed by atoms with E-state index in [2.05, 4.69) is 26.1 Å². The maximum atomic E-state index is 13.1. The van der Waals surface area contributed by atoms with Gasteiger partial charge in [-0.15, -0.1) is 0 Å². The summed E-state index contributed by atoms with van der Waals surface area (Å²) in [7, 11) is 0. The van der Waals surface area contributed by atoms with Gasteiger partial charge in [-0.1, -0.05) is 11.2 Å². The van der Waals surface area contributed by atoms with Crippen LogP contribution >= 0.6 is 15.9 Å². The highest BCUT2D eigenvalue weighted by molar-refractivity contribution is 9.10. The molecule has 21 heavy (non-hydrogen) atoms. The minimum Gasteiger partial charge on any atom is -0.504 e. The Bertz CT molecular complexity index is 820. The minimum absolute atomic E-state index is 0.0506. The summed E-state index contributed by atoms with van der Waals surface area (Å²) in [5, 5.41) is 23.0. The molecule has 1 aromatic heterocycles. The summed E-state index contributed by atoms with van der Waals surface area (Å²) in [5.41, 5.74) is 0.762. The number of benzene rings is 2. The number of phenols is 2. The largest absolute Gasteiger partial charge is 0.504 e. The van der Waals surface area contributed by atoms with Gasteiger partial charge in [0.05, 0.1) is 5.56 Å². The van der Waals surface area contributed by atoms with Gasteiger partial charge in [-0.05, 0) is 46.3 Å². The highest BCUT2D eigenvalue weighted by Crippen LogP contribution is 2.36. The van der Waals surface area contributed by atoms with Gasteiger partial charge >= 0.3 is 0 Å². The van der Waals surface area contributed by atoms with Crippen molar-refractivity contribution >= 4 is 15.9 Å². The fraction of sp³-hybridized carbons (Fsp3) is 0. The van der Waals surface area contributed by atoms with Gasteiger partial charge in [-0.25, -0.2) is 4.39 Å². The Morgan fingerprint density at radius 1 is 1.10 bits per heavy atom. The van der Waals surface area contributed by atoms with Gasteiger partial charge in [0.25, 0.3) is 5.89 Å². The minimum atomic E-state index is -0.389. The van der Waals surface area contributed by atoms with E-state index >= 15 is 0 Å². The van der Waals surface area contributed by atoms with Crippen molar-refractivity contribution in [2.24, 2.45) is 0 Å². The Morgan fingerprint density at radius 2 is 1.90 bits per heavy atom. The highest BCUT2D eigenvalue weighted by atomic mass is 79.9. The second-order valence-electron chi connectivity index (χ2n) is 4.22. The van der Waals surface area contributed by atoms with Gasteiger partial charge in [0.1, 0.15) is 5.82 Å². The van der Waals surface area contributed by atoms with Crippen LogP contribution in [0.15, 0.2) is 45.4 Å². The van der Waals surface area contributed by atoms with E-state index in [-0.39, 0.29) is 34.6 Å². The zero-order chi connectivity index (χ0) is 15.0. The van der Waals surface area contributed by atoms with E-state index < -0.39 is 0 Å². The summed E-state index contributed by atoms with van der Waals surface area (Å²) >= 11 is 3.22. The Hall–Kier alpha value is -2.41. The second kappa shape index (κ2) is 5.17. The van der Waals surface area contributed by atoms with Crippen molar-refractivity contribution in [2.45, 2.75) is 0 Å². The number of halogens is 2. The Balaban J connectivity index is 2.06. The summed E-state index contributed by atoms with van der Waals surface area (Å²) in [6.45, 7) is 0. The molecule has 0 unspecified atom stereocenters. The van der Waals surface area contributed by atoms with Crippen LogP contribution in [0.25, 0.3) is 22.8 Å². The molecule has 2 N–H and O–H groups in total. The molecule has 3 aromatic rings. The molecule has 0 fully saturated rings. The zero-order valence-electron chi connectivity index (χ0n) is 10.4. The molecule has 0 bridgehead atoms. The molecule has 0 spiro atoms. The molecule has 1 heterocycles. The van der Waals surface area contributed by atoms with E-state index in [1.165, 1.54) is 30.3 Å². The van der Waals surface area contributed by atoms with Gasteiger partial charge in [-0.3, -0.25) is 0 Å². The number of rotatable bonds is 2. The van der Waals surface area contributed by atoms with Crippen molar-refractivity contribution in [1.29, 1.82) is 0 Å². The lowest BCUT2D eigenvalue weighted by molar-refractivity contribution is 0.397. The molecule has 0 saturated heterocycles. The lowest BCUT2D eigenvalue weighted by Gasteiger charge is -2.00. The van der Waals surface area contributed by atoms with Gasteiger partial charge in [0.2, 0.25) is 5.82 Å². The molecule has 7 heteroatoms. The number of hydrogen-bond acceptors (Lipinski definition) is 5. The third-order valence-corrected chi connectivity index (χ3v) is 3.50. The first kappa shape index (κ1) is 13.6. The normalized spacial score (nSPS) is 10.8. The van der Waals surface area contributed by atoms with E-state index in [0.717, 1.165) is 0 Å². The average Bonchev–Trinajstić information content (AvgIpc) is 2.91. The molecule has 0 aliphatic heterocycles. The van der Waals surface area contributed by atoms with Gasteiger partial charge < -0.3 is 14.7 Å². The van der Waals surface area contributed by atoms with E-state index in [4.69, 9.17) is 4.52 Å². The third kappa shape index (κ3) is 2.47. The number of phenolic OH excluding ortho intramolecular Hbond substituents is 2. The predicted octanol–water partition coefficient (Wildman–Crippen LogP) is 3.72. The van der Waals surface area contributed by atoms with E-state index in [9.17, 15) is 14.6 Å². The molecule has 0 atom stereocenters. The first-order valence-corrected chi connectivity index (χ1v) is 6.66. The van der Waals surface area contributed by atoms with Crippen LogP contribution in [0, 0.1) is 5.82 Å². The van der Waals surface area contributed by atoms with Crippen molar-refractivity contribution in [3.05, 3.63) is 46.7 Å². The molecule has 0 amide bonds. The molecular formula is C14H8BrFN2O3. The topological polar surface area (TPSA) is 79.4 Å². The van der Waals surface area contributed by atoms with Crippen LogP contribution in [0.3, 0.4) is 0 Å². The number of hydrogen-bond donors (Lipinski definition) is 2. The fourth-order valence-corrected chi connectivity index (χ4v) is 2.35. The molecular weight excluding hydrogens is 343 g/mol. The van der Waals surface area contributed by atoms with Crippen molar-refractivity contribution in [2.75, 3.05) is 0 Å². The average molecular weight is 351 g/mol. The number of aromatic nitrogens is 2. The van der Waals surface area contributed by atoms with Crippen LogP contribution in [-0.2, 0) is 0 Å². The van der Waals surface area contributed by atoms with Crippen molar-refractivity contribution in [3.63, 3.8) is 0 Å². The third-order valence-electron chi connectivity index (χ3n) is 2.84. The molecule has 0 saturated carbocycles. The maximum Gasteiger partial charge on any atom is 0.262 e. The second-order valence-corrected chi connectivity index (χ2v) is 5.07. The van der Waals surface area contributed by atoms with Crippen molar-refractivity contribution < 1.29 is 19.1 Å². The first-order chi connectivity index (χ1) is 10.1. The standard InChI is InChI=1S/C14H8BrFN2O3/c15-10-6-7(16)4-5-8(10)13-17-14(21-18-13)9-2-1-3-11(19)12(9)20/h1-6,19-20H. The lowest BCUT2D eigenvalue weighted by atomic mass is 10.2. The molecule has 0 radical (unpaired) electrons. The smallest absolute Gasteiger partial charge is 0.262 e. The van der Waals surface area contributed by atoms with Crippen LogP contribution in [-0.4, -0.2) is 20.4 Å². The van der Waals surface area contributed by atoms with E-state index in [1.54, 1.807) is 6.07 Å². The Morgan fingerprint density at radius 3 is 2.67 bits per heavy atom. The first-order valence-electron chi connectivity index (χ1n) is 5.86. The predicted molar refractivity (Wildman–Crippen MR) is 76.2 cm³/mol. The number of nitrogens with zero attached hydrogens (tertiary/aromatic N) is 2. The van der Waals surface area contributed by atoms with Crippen molar-refractivity contribution in [3.8, 4) is 34.3 Å². The van der Waals surface area contributed by atoms with Crippen LogP contribution < -0.4 is 0 Å². The van der Waals surface area contributed by atoms with Gasteiger partial charge in [0, 0.05) is 10.0 Å². The van der Waals surface area contributed by atoms with Crippen molar-refractivity contribution in [1.82, 2.24) is 10.1 Å². The van der Waals surface area contributed by atoms with Crippen LogP contribution in [0.5, 0.6) is 11.5 Å². The quantitative estimate of drug-likeness (QED) is 0.688. The van der Waals surface area contributed by atoms with Crippen LogP contribution in [0.2, 0.25) is 0 Å². The molecule has 0 aliphatic carbocycles. The molecule has 106 valence electrons. The summed E-state index contributed by atoms with van der Waals surface area (Å²) in [6.07, 6.45) is 0. The maximum absolute atomic E-state index is 13.1. The van der Waals surface area contributed by atoms with E-state index in [0.29, 0.717) is 10.0 Å². The SMILES string of the molecule is Oc1cccc(-c2nc(-c3ccc(F)cc3Br)no2)c1O. The lowest BCUT2D eigenvalue weighted by Crippen LogP contribution is -1.85. The summed E-state index contributed by atoms with van der Waals surface area (Å²) in [6, 6.07) is 8.50. The summed E-state index contributed by atoms with van der Waals surface area (Å²) < 4.78 is 18.6.